The van der Waals surface area contributed by atoms with Gasteiger partial charge in [-0.05, 0) is 56.6 Å². The molecule has 2 fully saturated rings. The average molecular weight is 335 g/mol. The SMILES string of the molecule is CCO[Si]OC(C=CC1CCCCCC1)=CC1CCCCCC1. The highest BCUT2D eigenvalue weighted by Crippen LogP contribution is 2.27. The quantitative estimate of drug-likeness (QED) is 0.188. The molecule has 0 heterocycles. The van der Waals surface area contributed by atoms with Gasteiger partial charge in [0.2, 0.25) is 0 Å². The molecule has 2 aliphatic carbocycles. The summed E-state index contributed by atoms with van der Waals surface area (Å²) < 4.78 is 11.3. The van der Waals surface area contributed by atoms with Crippen LogP contribution in [0.2, 0.25) is 0 Å². The van der Waals surface area contributed by atoms with E-state index >= 15 is 0 Å². The topological polar surface area (TPSA) is 18.5 Å². The number of rotatable bonds is 7. The molecule has 3 heteroatoms. The highest BCUT2D eigenvalue weighted by Gasteiger charge is 2.12. The molecule has 0 amide bonds. The van der Waals surface area contributed by atoms with Crippen molar-refractivity contribution in [3.8, 4) is 0 Å². The van der Waals surface area contributed by atoms with Crippen LogP contribution in [0.5, 0.6) is 0 Å². The summed E-state index contributed by atoms with van der Waals surface area (Å²) in [7, 11) is 0.130. The fraction of sp³-hybridized carbons (Fsp3) is 0.800. The van der Waals surface area contributed by atoms with Gasteiger partial charge >= 0.3 is 10.0 Å². The zero-order valence-electron chi connectivity index (χ0n) is 14.9. The van der Waals surface area contributed by atoms with E-state index in [2.05, 4.69) is 18.2 Å². The minimum absolute atomic E-state index is 0.130. The minimum Gasteiger partial charge on any atom is -0.518 e. The Morgan fingerprint density at radius 3 is 2.00 bits per heavy atom. The van der Waals surface area contributed by atoms with E-state index < -0.39 is 0 Å². The van der Waals surface area contributed by atoms with Crippen LogP contribution in [0, 0.1) is 11.8 Å². The van der Waals surface area contributed by atoms with Crippen molar-refractivity contribution in [1.82, 2.24) is 0 Å². The predicted molar refractivity (Wildman–Crippen MR) is 98.1 cm³/mol. The second-order valence-electron chi connectivity index (χ2n) is 7.05. The Morgan fingerprint density at radius 2 is 1.43 bits per heavy atom. The monoisotopic (exact) mass is 334 g/mol. The van der Waals surface area contributed by atoms with E-state index in [1.807, 2.05) is 6.92 Å². The molecule has 23 heavy (non-hydrogen) atoms. The van der Waals surface area contributed by atoms with E-state index in [0.717, 1.165) is 18.3 Å². The fourth-order valence-electron chi connectivity index (χ4n) is 3.70. The van der Waals surface area contributed by atoms with E-state index in [1.165, 1.54) is 77.0 Å². The highest BCUT2D eigenvalue weighted by atomic mass is 28.3. The Morgan fingerprint density at radius 1 is 0.870 bits per heavy atom. The predicted octanol–water partition coefficient (Wildman–Crippen LogP) is 5.95. The maximum absolute atomic E-state index is 5.93. The molecule has 0 aromatic carbocycles. The van der Waals surface area contributed by atoms with Crippen LogP contribution in [0.1, 0.15) is 84.0 Å². The third-order valence-electron chi connectivity index (χ3n) is 5.10. The number of hydrogen-bond acceptors (Lipinski definition) is 2. The van der Waals surface area contributed by atoms with Gasteiger partial charge in [0.05, 0.1) is 0 Å². The lowest BCUT2D eigenvalue weighted by Gasteiger charge is -2.13. The zero-order chi connectivity index (χ0) is 16.2. The molecule has 0 spiro atoms. The van der Waals surface area contributed by atoms with Gasteiger partial charge in [0.25, 0.3) is 0 Å². The van der Waals surface area contributed by atoms with E-state index in [4.69, 9.17) is 8.85 Å². The molecular formula is C20H34O2Si. The molecule has 130 valence electrons. The smallest absolute Gasteiger partial charge is 0.518 e. The minimum atomic E-state index is 0.130. The Hall–Kier alpha value is -0.543. The summed E-state index contributed by atoms with van der Waals surface area (Å²) in [5.41, 5.74) is 0. The van der Waals surface area contributed by atoms with Crippen molar-refractivity contribution < 1.29 is 8.85 Å². The van der Waals surface area contributed by atoms with Gasteiger partial charge < -0.3 is 8.85 Å². The fourth-order valence-corrected chi connectivity index (χ4v) is 4.11. The molecule has 2 radical (unpaired) electrons. The summed E-state index contributed by atoms with van der Waals surface area (Å²) in [6.45, 7) is 2.74. The van der Waals surface area contributed by atoms with Crippen LogP contribution in [-0.4, -0.2) is 16.6 Å². The van der Waals surface area contributed by atoms with Crippen molar-refractivity contribution in [2.45, 2.75) is 84.0 Å². The van der Waals surface area contributed by atoms with Crippen molar-refractivity contribution in [1.29, 1.82) is 0 Å². The Balaban J connectivity index is 1.93. The van der Waals surface area contributed by atoms with Crippen molar-refractivity contribution >= 4 is 10.0 Å². The average Bonchev–Trinajstić information content (AvgIpc) is 2.97. The van der Waals surface area contributed by atoms with E-state index in [1.54, 1.807) is 0 Å². The second kappa shape index (κ2) is 11.9. The molecule has 0 atom stereocenters. The molecule has 2 rings (SSSR count). The Bertz CT molecular complexity index is 349. The molecule has 0 unspecified atom stereocenters. The molecule has 0 saturated heterocycles. The lowest BCUT2D eigenvalue weighted by atomic mass is 9.97. The summed E-state index contributed by atoms with van der Waals surface area (Å²) >= 11 is 0. The molecule has 0 aromatic heterocycles. The maximum atomic E-state index is 5.93. The standard InChI is InChI=1S/C20H34O2Si/c1-2-21-23-22-20(17-19-13-9-5-6-10-14-19)16-15-18-11-7-3-4-8-12-18/h15-19H,2-14H2,1H3. The summed E-state index contributed by atoms with van der Waals surface area (Å²) in [4.78, 5) is 0. The molecular weight excluding hydrogens is 300 g/mol. The van der Waals surface area contributed by atoms with E-state index in [-0.39, 0.29) is 10.0 Å². The van der Waals surface area contributed by atoms with Gasteiger partial charge in [-0.3, -0.25) is 0 Å². The van der Waals surface area contributed by atoms with Crippen molar-refractivity contribution in [3.63, 3.8) is 0 Å². The lowest BCUT2D eigenvalue weighted by molar-refractivity contribution is 0.278. The summed E-state index contributed by atoms with van der Waals surface area (Å²) in [5.74, 6) is 2.49. The van der Waals surface area contributed by atoms with E-state index in [0.29, 0.717) is 5.92 Å². The third kappa shape index (κ3) is 8.21. The summed E-state index contributed by atoms with van der Waals surface area (Å²) in [6.07, 6.45) is 23.5. The number of hydrogen-bond donors (Lipinski definition) is 0. The normalized spacial score (nSPS) is 22.9. The molecule has 2 aliphatic rings. The van der Waals surface area contributed by atoms with Gasteiger partial charge in [-0.15, -0.1) is 0 Å². The molecule has 2 saturated carbocycles. The largest absolute Gasteiger partial charge is 0.521 e. The van der Waals surface area contributed by atoms with E-state index in [9.17, 15) is 0 Å². The van der Waals surface area contributed by atoms with Crippen LogP contribution in [0.4, 0.5) is 0 Å². The van der Waals surface area contributed by atoms with Gasteiger partial charge in [-0.1, -0.05) is 57.4 Å². The van der Waals surface area contributed by atoms with Gasteiger partial charge in [-0.25, -0.2) is 0 Å². The van der Waals surface area contributed by atoms with Crippen LogP contribution < -0.4 is 0 Å². The van der Waals surface area contributed by atoms with Crippen molar-refractivity contribution in [2.75, 3.05) is 6.61 Å². The van der Waals surface area contributed by atoms with Crippen LogP contribution in [0.3, 0.4) is 0 Å². The van der Waals surface area contributed by atoms with Crippen LogP contribution >= 0.6 is 0 Å². The first-order valence-electron chi connectivity index (χ1n) is 9.82. The summed E-state index contributed by atoms with van der Waals surface area (Å²) in [5, 5.41) is 0. The summed E-state index contributed by atoms with van der Waals surface area (Å²) in [6, 6.07) is 0. The van der Waals surface area contributed by atoms with Crippen molar-refractivity contribution in [2.24, 2.45) is 11.8 Å². The van der Waals surface area contributed by atoms with Crippen molar-refractivity contribution in [3.05, 3.63) is 24.0 Å². The van der Waals surface area contributed by atoms with Gasteiger partial charge in [0.15, 0.2) is 0 Å². The molecule has 0 aromatic rings. The first-order chi connectivity index (χ1) is 11.4. The first kappa shape index (κ1) is 18.8. The van der Waals surface area contributed by atoms with Gasteiger partial charge in [0, 0.05) is 6.61 Å². The Kier molecular flexibility index (Phi) is 9.73. The van der Waals surface area contributed by atoms with Crippen LogP contribution in [0.15, 0.2) is 24.0 Å². The lowest BCUT2D eigenvalue weighted by Crippen LogP contribution is -2.06. The molecule has 0 bridgehead atoms. The molecule has 0 N–H and O–H groups in total. The van der Waals surface area contributed by atoms with Gasteiger partial charge in [0.1, 0.15) is 5.76 Å². The van der Waals surface area contributed by atoms with Crippen LogP contribution in [-0.2, 0) is 8.85 Å². The third-order valence-corrected chi connectivity index (χ3v) is 5.82. The molecule has 0 aliphatic heterocycles. The van der Waals surface area contributed by atoms with Gasteiger partial charge in [-0.2, -0.15) is 0 Å². The zero-order valence-corrected chi connectivity index (χ0v) is 15.9. The second-order valence-corrected chi connectivity index (χ2v) is 7.71. The highest BCUT2D eigenvalue weighted by molar-refractivity contribution is 6.18. The first-order valence-corrected chi connectivity index (χ1v) is 10.6. The Labute approximate surface area is 145 Å². The van der Waals surface area contributed by atoms with Crippen LogP contribution in [0.25, 0.3) is 0 Å². The maximum Gasteiger partial charge on any atom is 0.521 e. The molecule has 2 nitrogen and oxygen atoms in total. The number of allylic oxidation sites excluding steroid dienone is 3.